The number of nitrogens with zero attached hydrogens (tertiary/aromatic N) is 1. The van der Waals surface area contributed by atoms with Gasteiger partial charge in [-0.3, -0.25) is 9.10 Å². The number of nitrogens with one attached hydrogen (secondary N) is 1. The second kappa shape index (κ2) is 9.05. The van der Waals surface area contributed by atoms with Crippen molar-refractivity contribution in [2.75, 3.05) is 30.3 Å². The number of benzene rings is 2. The zero-order chi connectivity index (χ0) is 20.0. The smallest absolute Gasteiger partial charge is 0.240 e. The molecule has 0 radical (unpaired) electrons. The highest BCUT2D eigenvalue weighted by Gasteiger charge is 2.22. The van der Waals surface area contributed by atoms with E-state index in [4.69, 9.17) is 16.3 Å². The number of ether oxygens (including phenoxy) is 1. The normalized spacial score (nSPS) is 11.1. The molecule has 0 aromatic heterocycles. The Balaban J connectivity index is 1.93. The average Bonchev–Trinajstić information content (AvgIpc) is 2.58. The standard InChI is InChI=1S/C18H20ClFN2O4S/c1-13-11-14(19)3-8-17(13)22(27(2,24)25)12-18(23)21-9-10-26-16-6-4-15(20)5-7-16/h3-8,11H,9-10,12H2,1-2H3,(H,21,23). The van der Waals surface area contributed by atoms with Crippen molar-refractivity contribution in [3.05, 3.63) is 58.9 Å². The lowest BCUT2D eigenvalue weighted by Crippen LogP contribution is -2.41. The monoisotopic (exact) mass is 414 g/mol. The molecule has 0 heterocycles. The molecule has 0 saturated heterocycles. The average molecular weight is 415 g/mol. The summed E-state index contributed by atoms with van der Waals surface area (Å²) in [4.78, 5) is 12.2. The zero-order valence-electron chi connectivity index (χ0n) is 14.9. The molecule has 0 aliphatic heterocycles. The third-order valence-electron chi connectivity index (χ3n) is 3.62. The second-order valence-electron chi connectivity index (χ2n) is 5.85. The second-order valence-corrected chi connectivity index (χ2v) is 8.20. The summed E-state index contributed by atoms with van der Waals surface area (Å²) in [6.45, 7) is 1.69. The van der Waals surface area contributed by atoms with Gasteiger partial charge in [-0.25, -0.2) is 12.8 Å². The minimum absolute atomic E-state index is 0.163. The summed E-state index contributed by atoms with van der Waals surface area (Å²) in [7, 11) is -3.66. The van der Waals surface area contributed by atoms with E-state index < -0.39 is 15.9 Å². The van der Waals surface area contributed by atoms with Crippen molar-refractivity contribution in [1.82, 2.24) is 5.32 Å². The number of amides is 1. The molecule has 0 aliphatic rings. The van der Waals surface area contributed by atoms with Gasteiger partial charge in [-0.2, -0.15) is 0 Å². The summed E-state index contributed by atoms with van der Waals surface area (Å²) in [6.07, 6.45) is 1.03. The van der Waals surface area contributed by atoms with Gasteiger partial charge in [0.05, 0.1) is 18.5 Å². The summed E-state index contributed by atoms with van der Waals surface area (Å²) < 4.78 is 43.4. The molecule has 0 fully saturated rings. The van der Waals surface area contributed by atoms with Crippen LogP contribution in [0.25, 0.3) is 0 Å². The zero-order valence-corrected chi connectivity index (χ0v) is 16.5. The van der Waals surface area contributed by atoms with Crippen molar-refractivity contribution in [2.45, 2.75) is 6.92 Å². The first-order valence-electron chi connectivity index (χ1n) is 8.06. The summed E-state index contributed by atoms with van der Waals surface area (Å²) in [5.41, 5.74) is 1.03. The highest BCUT2D eigenvalue weighted by molar-refractivity contribution is 7.92. The fourth-order valence-corrected chi connectivity index (χ4v) is 3.50. The topological polar surface area (TPSA) is 75.7 Å². The minimum atomic E-state index is -3.66. The van der Waals surface area contributed by atoms with Crippen LogP contribution >= 0.6 is 11.6 Å². The van der Waals surface area contributed by atoms with Crippen molar-refractivity contribution >= 4 is 33.2 Å². The van der Waals surface area contributed by atoms with Crippen LogP contribution in [0.1, 0.15) is 5.56 Å². The third-order valence-corrected chi connectivity index (χ3v) is 4.98. The van der Waals surface area contributed by atoms with Crippen LogP contribution in [-0.2, 0) is 14.8 Å². The van der Waals surface area contributed by atoms with Gasteiger partial charge >= 0.3 is 0 Å². The van der Waals surface area contributed by atoms with Crippen LogP contribution in [0.15, 0.2) is 42.5 Å². The molecule has 0 atom stereocenters. The maximum absolute atomic E-state index is 12.8. The first-order valence-corrected chi connectivity index (χ1v) is 10.3. The molecule has 1 amide bonds. The number of halogens is 2. The van der Waals surface area contributed by atoms with E-state index in [0.717, 1.165) is 10.6 Å². The molecular weight excluding hydrogens is 395 g/mol. The van der Waals surface area contributed by atoms with E-state index in [2.05, 4.69) is 5.32 Å². The Kier molecular flexibility index (Phi) is 7.04. The van der Waals surface area contributed by atoms with Crippen LogP contribution in [0.5, 0.6) is 5.75 Å². The molecule has 0 saturated carbocycles. The summed E-state index contributed by atoms with van der Waals surface area (Å²) >= 11 is 5.90. The van der Waals surface area contributed by atoms with E-state index >= 15 is 0 Å². The molecule has 9 heteroatoms. The molecule has 1 N–H and O–H groups in total. The number of hydrogen-bond acceptors (Lipinski definition) is 4. The van der Waals surface area contributed by atoms with E-state index in [9.17, 15) is 17.6 Å². The van der Waals surface area contributed by atoms with Gasteiger partial charge in [-0.15, -0.1) is 0 Å². The summed E-state index contributed by atoms with van der Waals surface area (Å²) in [6, 6.07) is 10.3. The first-order chi connectivity index (χ1) is 12.7. The molecule has 146 valence electrons. The van der Waals surface area contributed by atoms with Crippen molar-refractivity contribution < 1.29 is 22.3 Å². The van der Waals surface area contributed by atoms with E-state index in [0.29, 0.717) is 22.0 Å². The van der Waals surface area contributed by atoms with E-state index in [1.165, 1.54) is 24.3 Å². The van der Waals surface area contributed by atoms with Gasteiger partial charge < -0.3 is 10.1 Å². The van der Waals surface area contributed by atoms with Gasteiger partial charge in [0, 0.05) is 5.02 Å². The van der Waals surface area contributed by atoms with Gasteiger partial charge in [0.2, 0.25) is 15.9 Å². The van der Waals surface area contributed by atoms with Crippen LogP contribution < -0.4 is 14.4 Å². The number of anilines is 1. The van der Waals surface area contributed by atoms with Crippen molar-refractivity contribution in [2.24, 2.45) is 0 Å². The van der Waals surface area contributed by atoms with Crippen LogP contribution in [0.2, 0.25) is 5.02 Å². The highest BCUT2D eigenvalue weighted by atomic mass is 35.5. The Labute approximate surface area is 162 Å². The highest BCUT2D eigenvalue weighted by Crippen LogP contribution is 2.25. The van der Waals surface area contributed by atoms with Crippen LogP contribution in [0.3, 0.4) is 0 Å². The van der Waals surface area contributed by atoms with Gasteiger partial charge in [-0.05, 0) is 55.0 Å². The molecule has 2 aromatic carbocycles. The fourth-order valence-electron chi connectivity index (χ4n) is 2.36. The lowest BCUT2D eigenvalue weighted by Gasteiger charge is -2.23. The molecule has 27 heavy (non-hydrogen) atoms. The first kappa shape index (κ1) is 21.0. The van der Waals surface area contributed by atoms with Gasteiger partial charge in [0.25, 0.3) is 0 Å². The molecule has 6 nitrogen and oxygen atoms in total. The molecule has 0 unspecified atom stereocenters. The summed E-state index contributed by atoms with van der Waals surface area (Å²) in [5, 5.41) is 3.08. The van der Waals surface area contributed by atoms with Crippen LogP contribution in [0.4, 0.5) is 10.1 Å². The lowest BCUT2D eigenvalue weighted by molar-refractivity contribution is -0.119. The van der Waals surface area contributed by atoms with Crippen molar-refractivity contribution in [3.63, 3.8) is 0 Å². The molecule has 2 aromatic rings. The Hall–Kier alpha value is -2.32. The number of carbonyl (C=O) groups is 1. The Morgan fingerprint density at radius 3 is 2.48 bits per heavy atom. The van der Waals surface area contributed by atoms with E-state index in [1.807, 2.05) is 0 Å². The maximum atomic E-state index is 12.8. The maximum Gasteiger partial charge on any atom is 0.240 e. The Morgan fingerprint density at radius 2 is 1.89 bits per heavy atom. The quantitative estimate of drug-likeness (QED) is 0.674. The van der Waals surface area contributed by atoms with E-state index in [-0.39, 0.29) is 25.5 Å². The van der Waals surface area contributed by atoms with Crippen LogP contribution in [-0.4, -0.2) is 40.3 Å². The lowest BCUT2D eigenvalue weighted by atomic mass is 10.2. The molecular formula is C18H20ClFN2O4S. The summed E-state index contributed by atoms with van der Waals surface area (Å²) in [5.74, 6) is -0.369. The Morgan fingerprint density at radius 1 is 1.22 bits per heavy atom. The molecule has 0 aliphatic carbocycles. The SMILES string of the molecule is Cc1cc(Cl)ccc1N(CC(=O)NCCOc1ccc(F)cc1)S(C)(=O)=O. The predicted molar refractivity (Wildman–Crippen MR) is 103 cm³/mol. The van der Waals surface area contributed by atoms with Crippen molar-refractivity contribution in [1.29, 1.82) is 0 Å². The molecule has 0 spiro atoms. The number of sulfonamides is 1. The molecule has 2 rings (SSSR count). The third kappa shape index (κ3) is 6.41. The van der Waals surface area contributed by atoms with Crippen molar-refractivity contribution in [3.8, 4) is 5.75 Å². The van der Waals surface area contributed by atoms with Gasteiger partial charge in [-0.1, -0.05) is 11.6 Å². The number of aryl methyl sites for hydroxylation is 1. The van der Waals surface area contributed by atoms with E-state index in [1.54, 1.807) is 25.1 Å². The van der Waals surface area contributed by atoms with Gasteiger partial charge in [0.1, 0.15) is 24.7 Å². The largest absolute Gasteiger partial charge is 0.492 e. The Bertz CT molecular complexity index is 904. The minimum Gasteiger partial charge on any atom is -0.492 e. The predicted octanol–water partition coefficient (Wildman–Crippen LogP) is 2.75. The number of carbonyl (C=O) groups excluding carboxylic acids is 1. The fraction of sp³-hybridized carbons (Fsp3) is 0.278. The molecule has 0 bridgehead atoms. The number of rotatable bonds is 8. The van der Waals surface area contributed by atoms with Crippen LogP contribution in [0, 0.1) is 12.7 Å². The van der Waals surface area contributed by atoms with Gasteiger partial charge in [0.15, 0.2) is 0 Å². The number of hydrogen-bond donors (Lipinski definition) is 1.